The summed E-state index contributed by atoms with van der Waals surface area (Å²) in [5.41, 5.74) is 1.59. The summed E-state index contributed by atoms with van der Waals surface area (Å²) in [5, 5.41) is 5.78. The van der Waals surface area contributed by atoms with Gasteiger partial charge in [-0.05, 0) is 56.2 Å². The van der Waals surface area contributed by atoms with Gasteiger partial charge in [-0.1, -0.05) is 24.3 Å². The maximum atomic E-state index is 13.7. The van der Waals surface area contributed by atoms with E-state index in [1.165, 1.54) is 16.3 Å². The molecular formula is C29H33N3O6S. The SMILES string of the molecule is COc1ccc(CNC(=O)c2cn(Cc3ccc(OC)cc3)c(=O)c3c2SC[C@@H]3NC(=O)OC(C)(C)C)cc1. The average molecular weight is 552 g/mol. The zero-order valence-corrected chi connectivity index (χ0v) is 23.5. The largest absolute Gasteiger partial charge is 0.497 e. The molecule has 9 nitrogen and oxygen atoms in total. The van der Waals surface area contributed by atoms with Crippen molar-refractivity contribution in [1.82, 2.24) is 15.2 Å². The van der Waals surface area contributed by atoms with E-state index < -0.39 is 17.7 Å². The summed E-state index contributed by atoms with van der Waals surface area (Å²) in [6.07, 6.45) is 0.980. The average Bonchev–Trinajstić information content (AvgIpc) is 3.32. The first kappa shape index (κ1) is 28.1. The predicted molar refractivity (Wildman–Crippen MR) is 150 cm³/mol. The van der Waals surface area contributed by atoms with E-state index in [2.05, 4.69) is 10.6 Å². The molecule has 0 spiro atoms. The number of rotatable bonds is 8. The van der Waals surface area contributed by atoms with Gasteiger partial charge in [-0.15, -0.1) is 11.8 Å². The summed E-state index contributed by atoms with van der Waals surface area (Å²) in [5.74, 6) is 1.54. The second-order valence-electron chi connectivity index (χ2n) is 10.1. The molecule has 3 aromatic rings. The maximum Gasteiger partial charge on any atom is 0.408 e. The number of benzene rings is 2. The molecule has 0 aliphatic carbocycles. The van der Waals surface area contributed by atoms with Crippen LogP contribution >= 0.6 is 11.8 Å². The van der Waals surface area contributed by atoms with E-state index in [0.29, 0.717) is 34.1 Å². The number of pyridine rings is 1. The Morgan fingerprint density at radius 3 is 2.13 bits per heavy atom. The van der Waals surface area contributed by atoms with Crippen LogP contribution in [0, 0.1) is 0 Å². The molecule has 206 valence electrons. The minimum absolute atomic E-state index is 0.249. The van der Waals surface area contributed by atoms with Crippen LogP contribution < -0.4 is 25.7 Å². The zero-order chi connectivity index (χ0) is 28.2. The van der Waals surface area contributed by atoms with Crippen molar-refractivity contribution in [1.29, 1.82) is 0 Å². The van der Waals surface area contributed by atoms with Crippen LogP contribution in [-0.4, -0.2) is 42.1 Å². The number of aromatic nitrogens is 1. The summed E-state index contributed by atoms with van der Waals surface area (Å²) in [7, 11) is 3.19. The van der Waals surface area contributed by atoms with E-state index in [9.17, 15) is 14.4 Å². The topological polar surface area (TPSA) is 108 Å². The molecule has 2 amide bonds. The fourth-order valence-corrected chi connectivity index (χ4v) is 5.44. The van der Waals surface area contributed by atoms with Gasteiger partial charge in [0.15, 0.2) is 0 Å². The first-order valence-corrected chi connectivity index (χ1v) is 13.5. The Hall–Kier alpha value is -3.92. The standard InChI is InChI=1S/C29H33N3O6S/c1-29(2,3)38-28(35)31-23-17-39-25-22(26(33)30-14-18-6-10-20(36-4)11-7-18)16-32(27(34)24(23)25)15-19-8-12-21(37-5)13-9-19/h6-13,16,23H,14-15,17H2,1-5H3,(H,30,33)(H,31,35)/t23-/m0/s1. The molecule has 1 aliphatic heterocycles. The van der Waals surface area contributed by atoms with Crippen molar-refractivity contribution < 1.29 is 23.8 Å². The molecule has 10 heteroatoms. The van der Waals surface area contributed by atoms with Gasteiger partial charge in [0.25, 0.3) is 11.5 Å². The molecule has 0 saturated carbocycles. The van der Waals surface area contributed by atoms with E-state index in [1.54, 1.807) is 41.2 Å². The molecule has 39 heavy (non-hydrogen) atoms. The quantitative estimate of drug-likeness (QED) is 0.424. The van der Waals surface area contributed by atoms with Gasteiger partial charge in [0.05, 0.1) is 37.9 Å². The molecule has 2 heterocycles. The Bertz CT molecular complexity index is 1390. The van der Waals surface area contributed by atoms with Crippen molar-refractivity contribution in [3.63, 3.8) is 0 Å². The van der Waals surface area contributed by atoms with Crippen molar-refractivity contribution in [3.8, 4) is 11.5 Å². The van der Waals surface area contributed by atoms with Crippen LogP contribution in [0.3, 0.4) is 0 Å². The number of amides is 2. The lowest BCUT2D eigenvalue weighted by atomic mass is 10.1. The Morgan fingerprint density at radius 2 is 1.56 bits per heavy atom. The van der Waals surface area contributed by atoms with Crippen molar-refractivity contribution in [3.05, 3.63) is 87.3 Å². The second kappa shape index (κ2) is 11.9. The van der Waals surface area contributed by atoms with Gasteiger partial charge in [-0.2, -0.15) is 0 Å². The fraction of sp³-hybridized carbons (Fsp3) is 0.345. The third-order valence-electron chi connectivity index (χ3n) is 6.07. The monoisotopic (exact) mass is 551 g/mol. The number of hydrogen-bond acceptors (Lipinski definition) is 7. The minimum atomic E-state index is -0.684. The Balaban J connectivity index is 1.65. The summed E-state index contributed by atoms with van der Waals surface area (Å²) >= 11 is 1.37. The first-order valence-electron chi connectivity index (χ1n) is 12.5. The van der Waals surface area contributed by atoms with Gasteiger partial charge >= 0.3 is 6.09 Å². The Morgan fingerprint density at radius 1 is 0.974 bits per heavy atom. The van der Waals surface area contributed by atoms with Crippen LogP contribution in [0.25, 0.3) is 0 Å². The zero-order valence-electron chi connectivity index (χ0n) is 22.7. The van der Waals surface area contributed by atoms with Gasteiger partial charge in [0.2, 0.25) is 0 Å². The minimum Gasteiger partial charge on any atom is -0.497 e. The number of carbonyl (C=O) groups excluding carboxylic acids is 2. The molecular weight excluding hydrogens is 518 g/mol. The second-order valence-corrected chi connectivity index (χ2v) is 11.1. The molecule has 4 rings (SSSR count). The first-order chi connectivity index (χ1) is 18.6. The summed E-state index contributed by atoms with van der Waals surface area (Å²) < 4.78 is 17.4. The fourth-order valence-electron chi connectivity index (χ4n) is 4.17. The van der Waals surface area contributed by atoms with E-state index >= 15 is 0 Å². The molecule has 2 aromatic carbocycles. The van der Waals surface area contributed by atoms with Crippen molar-refractivity contribution in [2.24, 2.45) is 0 Å². The highest BCUT2D eigenvalue weighted by atomic mass is 32.2. The lowest BCUT2D eigenvalue weighted by Gasteiger charge is -2.22. The number of carbonyl (C=O) groups is 2. The highest BCUT2D eigenvalue weighted by molar-refractivity contribution is 7.99. The number of alkyl carbamates (subject to hydrolysis) is 1. The van der Waals surface area contributed by atoms with E-state index in [1.807, 2.05) is 48.5 Å². The molecule has 0 radical (unpaired) electrons. The molecule has 0 unspecified atom stereocenters. The predicted octanol–water partition coefficient (Wildman–Crippen LogP) is 4.52. The van der Waals surface area contributed by atoms with E-state index in [0.717, 1.165) is 16.9 Å². The van der Waals surface area contributed by atoms with Crippen molar-refractivity contribution >= 4 is 23.8 Å². The van der Waals surface area contributed by atoms with E-state index in [4.69, 9.17) is 14.2 Å². The highest BCUT2D eigenvalue weighted by Gasteiger charge is 2.34. The van der Waals surface area contributed by atoms with Crippen molar-refractivity contribution in [2.75, 3.05) is 20.0 Å². The number of hydrogen-bond donors (Lipinski definition) is 2. The number of thioether (sulfide) groups is 1. The molecule has 1 aliphatic rings. The highest BCUT2D eigenvalue weighted by Crippen LogP contribution is 2.38. The summed E-state index contributed by atoms with van der Waals surface area (Å²) in [6, 6.07) is 14.2. The van der Waals surface area contributed by atoms with Gasteiger partial charge in [-0.25, -0.2) is 4.79 Å². The molecule has 1 aromatic heterocycles. The number of ether oxygens (including phenoxy) is 3. The van der Waals surface area contributed by atoms with Crippen molar-refractivity contribution in [2.45, 2.75) is 50.4 Å². The van der Waals surface area contributed by atoms with Gasteiger partial charge in [0.1, 0.15) is 17.1 Å². The Kier molecular flexibility index (Phi) is 8.54. The summed E-state index contributed by atoms with van der Waals surface area (Å²) in [6.45, 7) is 5.88. The van der Waals surface area contributed by atoms with Crippen LogP contribution in [0.1, 0.15) is 53.9 Å². The van der Waals surface area contributed by atoms with Crippen LogP contribution in [0.2, 0.25) is 0 Å². The molecule has 2 N–H and O–H groups in total. The van der Waals surface area contributed by atoms with Crippen LogP contribution in [0.5, 0.6) is 11.5 Å². The number of methoxy groups -OCH3 is 2. The molecule has 0 bridgehead atoms. The normalized spacial score (nSPS) is 14.3. The smallest absolute Gasteiger partial charge is 0.408 e. The molecule has 0 saturated heterocycles. The number of nitrogens with one attached hydrogen (secondary N) is 2. The van der Waals surface area contributed by atoms with Gasteiger partial charge in [-0.3, -0.25) is 9.59 Å². The van der Waals surface area contributed by atoms with Crippen LogP contribution in [-0.2, 0) is 17.8 Å². The molecule has 1 atom stereocenters. The number of fused-ring (bicyclic) bond motifs is 1. The molecule has 0 fully saturated rings. The van der Waals surface area contributed by atoms with Gasteiger partial charge in [0, 0.05) is 23.4 Å². The van der Waals surface area contributed by atoms with E-state index in [-0.39, 0.29) is 18.0 Å². The third kappa shape index (κ3) is 6.94. The van der Waals surface area contributed by atoms with Gasteiger partial charge < -0.3 is 29.4 Å². The third-order valence-corrected chi connectivity index (χ3v) is 7.30. The van der Waals surface area contributed by atoms with Crippen LogP contribution in [0.15, 0.2) is 64.4 Å². The maximum absolute atomic E-state index is 13.7. The number of nitrogens with zero attached hydrogens (tertiary/aromatic N) is 1. The summed E-state index contributed by atoms with van der Waals surface area (Å²) in [4.78, 5) is 40.2. The lowest BCUT2D eigenvalue weighted by Crippen LogP contribution is -2.38. The Labute approximate surface area is 231 Å². The lowest BCUT2D eigenvalue weighted by molar-refractivity contribution is 0.0508. The van der Waals surface area contributed by atoms with Crippen LogP contribution in [0.4, 0.5) is 4.79 Å².